The maximum absolute atomic E-state index is 12.0. The lowest BCUT2D eigenvalue weighted by Crippen LogP contribution is -2.39. The molecule has 3 amide bonds. The highest BCUT2D eigenvalue weighted by atomic mass is 32.2. The number of anilines is 1. The number of thioether (sulfide) groups is 1. The van der Waals surface area contributed by atoms with Gasteiger partial charge in [0.05, 0.1) is 23.9 Å². The van der Waals surface area contributed by atoms with E-state index < -0.39 is 23.7 Å². The van der Waals surface area contributed by atoms with Gasteiger partial charge in [-0.05, 0) is 12.1 Å². The molecule has 0 spiro atoms. The molecule has 8 nitrogen and oxygen atoms in total. The van der Waals surface area contributed by atoms with Crippen LogP contribution in [0.15, 0.2) is 29.2 Å². The van der Waals surface area contributed by atoms with Crippen LogP contribution in [0.2, 0.25) is 0 Å². The second-order valence-corrected chi connectivity index (χ2v) is 6.62. The Morgan fingerprint density at radius 3 is 2.76 bits per heavy atom. The van der Waals surface area contributed by atoms with Crippen molar-refractivity contribution >= 4 is 41.1 Å². The Morgan fingerprint density at radius 1 is 1.32 bits per heavy atom. The molecule has 0 bridgehead atoms. The van der Waals surface area contributed by atoms with Gasteiger partial charge in [-0.25, -0.2) is 0 Å². The zero-order valence-electron chi connectivity index (χ0n) is 13.9. The first-order valence-electron chi connectivity index (χ1n) is 7.57. The van der Waals surface area contributed by atoms with Gasteiger partial charge in [-0.1, -0.05) is 12.1 Å². The predicted molar refractivity (Wildman–Crippen MR) is 92.0 cm³/mol. The molecule has 0 saturated heterocycles. The third kappa shape index (κ3) is 5.21. The monoisotopic (exact) mass is 365 g/mol. The summed E-state index contributed by atoms with van der Waals surface area (Å²) in [6.07, 6.45) is -0.142. The van der Waals surface area contributed by atoms with E-state index in [0.717, 1.165) is 9.80 Å². The van der Waals surface area contributed by atoms with Gasteiger partial charge >= 0.3 is 5.97 Å². The van der Waals surface area contributed by atoms with Crippen molar-refractivity contribution in [3.8, 4) is 0 Å². The first-order chi connectivity index (χ1) is 11.9. The van der Waals surface area contributed by atoms with Gasteiger partial charge in [-0.15, -0.1) is 11.8 Å². The Bertz CT molecular complexity index is 694. The van der Waals surface area contributed by atoms with E-state index in [0.29, 0.717) is 5.69 Å². The summed E-state index contributed by atoms with van der Waals surface area (Å²) < 4.78 is 4.92. The standard InChI is InChI=1S/C16H19N3O5S/c1-17-13(20)8-19(2)14(21)9-24-15(22)7-12-16(23)18-10-5-3-4-6-11(10)25-12/h3-6,12H,7-9H2,1-2H3,(H,17,20)(H,18,23)/t12-/m0/s1. The summed E-state index contributed by atoms with van der Waals surface area (Å²) >= 11 is 1.28. The molecule has 0 aliphatic carbocycles. The molecule has 134 valence electrons. The smallest absolute Gasteiger partial charge is 0.307 e. The molecule has 0 saturated carbocycles. The fraction of sp³-hybridized carbons (Fsp3) is 0.375. The van der Waals surface area contributed by atoms with E-state index >= 15 is 0 Å². The van der Waals surface area contributed by atoms with Gasteiger partial charge in [-0.3, -0.25) is 19.2 Å². The number of amides is 3. The van der Waals surface area contributed by atoms with Gasteiger partial charge in [0.1, 0.15) is 0 Å². The van der Waals surface area contributed by atoms with Crippen LogP contribution in [0.1, 0.15) is 6.42 Å². The van der Waals surface area contributed by atoms with Crippen LogP contribution in [-0.4, -0.2) is 61.1 Å². The summed E-state index contributed by atoms with van der Waals surface area (Å²) in [6.45, 7) is -0.591. The average Bonchev–Trinajstić information content (AvgIpc) is 2.60. The second-order valence-electron chi connectivity index (χ2n) is 5.38. The van der Waals surface area contributed by atoms with E-state index in [1.165, 1.54) is 25.9 Å². The Labute approximate surface area is 149 Å². The number of para-hydroxylation sites is 1. The molecule has 0 fully saturated rings. The molecule has 1 aromatic rings. The molecule has 1 aromatic carbocycles. The number of benzene rings is 1. The molecule has 1 aliphatic rings. The molecule has 0 radical (unpaired) electrons. The van der Waals surface area contributed by atoms with Crippen molar-refractivity contribution in [2.75, 3.05) is 32.6 Å². The Hall–Kier alpha value is -2.55. The fourth-order valence-electron chi connectivity index (χ4n) is 2.07. The van der Waals surface area contributed by atoms with Crippen molar-refractivity contribution < 1.29 is 23.9 Å². The lowest BCUT2D eigenvalue weighted by atomic mass is 10.2. The highest BCUT2D eigenvalue weighted by Gasteiger charge is 2.29. The van der Waals surface area contributed by atoms with E-state index in [1.54, 1.807) is 6.07 Å². The molecule has 25 heavy (non-hydrogen) atoms. The SMILES string of the molecule is CNC(=O)CN(C)C(=O)COC(=O)C[C@@H]1Sc2ccccc2NC1=O. The van der Waals surface area contributed by atoms with Gasteiger partial charge in [0.25, 0.3) is 5.91 Å². The number of hydrogen-bond donors (Lipinski definition) is 2. The van der Waals surface area contributed by atoms with Gasteiger partial charge in [0.15, 0.2) is 6.61 Å². The average molecular weight is 365 g/mol. The lowest BCUT2D eigenvalue weighted by molar-refractivity contribution is -0.152. The molecular weight excluding hydrogens is 346 g/mol. The van der Waals surface area contributed by atoms with Crippen molar-refractivity contribution in [2.24, 2.45) is 0 Å². The number of carbonyl (C=O) groups is 4. The van der Waals surface area contributed by atoms with Gasteiger partial charge in [-0.2, -0.15) is 0 Å². The van der Waals surface area contributed by atoms with Crippen molar-refractivity contribution in [1.82, 2.24) is 10.2 Å². The molecule has 0 aromatic heterocycles. The Kier molecular flexibility index (Phi) is 6.40. The highest BCUT2D eigenvalue weighted by molar-refractivity contribution is 8.01. The van der Waals surface area contributed by atoms with E-state index in [4.69, 9.17) is 4.74 Å². The number of esters is 1. The summed E-state index contributed by atoms with van der Waals surface area (Å²) in [5.74, 6) is -1.74. The first kappa shape index (κ1) is 18.8. The summed E-state index contributed by atoms with van der Waals surface area (Å²) in [4.78, 5) is 49.0. The third-order valence-corrected chi connectivity index (χ3v) is 4.78. The molecule has 2 N–H and O–H groups in total. The first-order valence-corrected chi connectivity index (χ1v) is 8.45. The predicted octanol–water partition coefficient (Wildman–Crippen LogP) is 0.237. The van der Waals surface area contributed by atoms with Crippen LogP contribution in [0.25, 0.3) is 0 Å². The zero-order valence-corrected chi connectivity index (χ0v) is 14.7. The molecule has 0 unspecified atom stereocenters. The van der Waals surface area contributed by atoms with E-state index in [1.807, 2.05) is 18.2 Å². The number of nitrogens with one attached hydrogen (secondary N) is 2. The van der Waals surface area contributed by atoms with Crippen LogP contribution < -0.4 is 10.6 Å². The Balaban J connectivity index is 1.81. The second kappa shape index (κ2) is 8.52. The normalized spacial score (nSPS) is 15.6. The fourth-order valence-corrected chi connectivity index (χ4v) is 3.17. The number of nitrogens with zero attached hydrogens (tertiary/aromatic N) is 1. The number of fused-ring (bicyclic) bond motifs is 1. The van der Waals surface area contributed by atoms with Crippen LogP contribution in [0, 0.1) is 0 Å². The molecule has 2 rings (SSSR count). The van der Waals surface area contributed by atoms with Crippen molar-refractivity contribution in [3.63, 3.8) is 0 Å². The molecule has 1 atom stereocenters. The number of likely N-dealkylation sites (N-methyl/N-ethyl adjacent to an activating group) is 2. The summed E-state index contributed by atoms with van der Waals surface area (Å²) in [6, 6.07) is 7.31. The van der Waals surface area contributed by atoms with E-state index in [2.05, 4.69) is 10.6 Å². The summed E-state index contributed by atoms with van der Waals surface area (Å²) in [7, 11) is 2.90. The zero-order chi connectivity index (χ0) is 18.4. The minimum atomic E-state index is -0.645. The van der Waals surface area contributed by atoms with Crippen molar-refractivity contribution in [3.05, 3.63) is 24.3 Å². The van der Waals surface area contributed by atoms with E-state index in [-0.39, 0.29) is 24.8 Å². The van der Waals surface area contributed by atoms with Crippen LogP contribution in [0.5, 0.6) is 0 Å². The summed E-state index contributed by atoms with van der Waals surface area (Å²) in [5.41, 5.74) is 0.716. The van der Waals surface area contributed by atoms with Gasteiger partial charge < -0.3 is 20.3 Å². The number of rotatable bonds is 6. The third-order valence-electron chi connectivity index (χ3n) is 3.50. The minimum absolute atomic E-state index is 0.120. The summed E-state index contributed by atoms with van der Waals surface area (Å²) in [5, 5.41) is 4.52. The topological polar surface area (TPSA) is 105 Å². The number of hydrogen-bond acceptors (Lipinski definition) is 6. The molecular formula is C16H19N3O5S. The van der Waals surface area contributed by atoms with Crippen LogP contribution in [0.4, 0.5) is 5.69 Å². The van der Waals surface area contributed by atoms with Gasteiger partial charge in [0.2, 0.25) is 11.8 Å². The van der Waals surface area contributed by atoms with Crippen molar-refractivity contribution in [2.45, 2.75) is 16.6 Å². The molecule has 9 heteroatoms. The minimum Gasteiger partial charge on any atom is -0.456 e. The van der Waals surface area contributed by atoms with Crippen LogP contribution in [0.3, 0.4) is 0 Å². The van der Waals surface area contributed by atoms with E-state index in [9.17, 15) is 19.2 Å². The maximum Gasteiger partial charge on any atom is 0.307 e. The molecule has 1 aliphatic heterocycles. The van der Waals surface area contributed by atoms with Gasteiger partial charge in [0, 0.05) is 19.0 Å². The maximum atomic E-state index is 12.0. The van der Waals surface area contributed by atoms with Crippen LogP contribution >= 0.6 is 11.8 Å². The van der Waals surface area contributed by atoms with Crippen LogP contribution in [-0.2, 0) is 23.9 Å². The Morgan fingerprint density at radius 2 is 2.04 bits per heavy atom. The number of carbonyl (C=O) groups excluding carboxylic acids is 4. The largest absolute Gasteiger partial charge is 0.456 e. The quantitative estimate of drug-likeness (QED) is 0.700. The molecule has 1 heterocycles. The highest BCUT2D eigenvalue weighted by Crippen LogP contribution is 2.36. The number of ether oxygens (including phenoxy) is 1. The van der Waals surface area contributed by atoms with Crippen molar-refractivity contribution in [1.29, 1.82) is 0 Å². The lowest BCUT2D eigenvalue weighted by Gasteiger charge is -2.23.